The third-order valence-corrected chi connectivity index (χ3v) is 4.36. The van der Waals surface area contributed by atoms with Crippen LogP contribution in [-0.2, 0) is 4.79 Å². The fourth-order valence-electron chi connectivity index (χ4n) is 2.16. The fourth-order valence-corrected chi connectivity index (χ4v) is 3.02. The summed E-state index contributed by atoms with van der Waals surface area (Å²) in [5, 5.41) is 5.70. The Hall–Kier alpha value is -2.47. The summed E-state index contributed by atoms with van der Waals surface area (Å²) in [6.45, 7) is 3.83. The molecule has 0 fully saturated rings. The van der Waals surface area contributed by atoms with Crippen molar-refractivity contribution in [1.82, 2.24) is 5.32 Å². The van der Waals surface area contributed by atoms with Crippen LogP contribution in [0.15, 0.2) is 53.4 Å². The number of amides is 2. The Morgan fingerprint density at radius 1 is 1.08 bits per heavy atom. The van der Waals surface area contributed by atoms with Crippen molar-refractivity contribution in [1.29, 1.82) is 0 Å². The molecule has 0 aliphatic carbocycles. The van der Waals surface area contributed by atoms with Crippen LogP contribution < -0.4 is 15.4 Å². The Morgan fingerprint density at radius 3 is 2.40 bits per heavy atom. The summed E-state index contributed by atoms with van der Waals surface area (Å²) in [5.41, 5.74) is 1.23. The molecule has 0 spiro atoms. The van der Waals surface area contributed by atoms with Gasteiger partial charge >= 0.3 is 0 Å². The van der Waals surface area contributed by atoms with Crippen molar-refractivity contribution in [3.8, 4) is 5.75 Å². The van der Waals surface area contributed by atoms with Gasteiger partial charge in [-0.05, 0) is 50.2 Å². The van der Waals surface area contributed by atoms with E-state index >= 15 is 0 Å². The van der Waals surface area contributed by atoms with Gasteiger partial charge in [0.15, 0.2) is 0 Å². The zero-order chi connectivity index (χ0) is 18.2. The van der Waals surface area contributed by atoms with Crippen molar-refractivity contribution in [3.05, 3.63) is 54.1 Å². The molecule has 2 N–H and O–H groups in total. The Morgan fingerprint density at radius 2 is 1.76 bits per heavy atom. The molecular weight excluding hydrogens is 336 g/mol. The average Bonchev–Trinajstić information content (AvgIpc) is 2.60. The summed E-state index contributed by atoms with van der Waals surface area (Å²) < 4.78 is 5.11. The zero-order valence-electron chi connectivity index (χ0n) is 14.5. The molecule has 2 aromatic rings. The molecule has 0 aliphatic heterocycles. The van der Waals surface area contributed by atoms with E-state index in [0.29, 0.717) is 11.3 Å². The Labute approximate surface area is 152 Å². The van der Waals surface area contributed by atoms with Crippen molar-refractivity contribution in [3.63, 3.8) is 0 Å². The van der Waals surface area contributed by atoms with Crippen LogP contribution in [0.4, 0.5) is 5.69 Å². The lowest BCUT2D eigenvalue weighted by molar-refractivity contribution is -0.119. The van der Waals surface area contributed by atoms with Crippen LogP contribution >= 0.6 is 11.8 Å². The quantitative estimate of drug-likeness (QED) is 0.743. The van der Waals surface area contributed by atoms with Crippen LogP contribution in [0.5, 0.6) is 5.75 Å². The summed E-state index contributed by atoms with van der Waals surface area (Å²) in [6, 6.07) is 14.5. The molecule has 2 amide bonds. The molecule has 132 valence electrons. The number of thioether (sulfide) groups is 1. The number of hydrogen-bond donors (Lipinski definition) is 2. The number of ether oxygens (including phenoxy) is 1. The molecule has 0 radical (unpaired) electrons. The summed E-state index contributed by atoms with van der Waals surface area (Å²) in [6.07, 6.45) is 0. The highest BCUT2D eigenvalue weighted by atomic mass is 32.2. The smallest absolute Gasteiger partial charge is 0.256 e. The number of hydrogen-bond acceptors (Lipinski definition) is 4. The zero-order valence-corrected chi connectivity index (χ0v) is 15.4. The Balaban J connectivity index is 2.05. The second kappa shape index (κ2) is 9.13. The van der Waals surface area contributed by atoms with Crippen molar-refractivity contribution in [2.24, 2.45) is 0 Å². The van der Waals surface area contributed by atoms with E-state index in [2.05, 4.69) is 10.6 Å². The van der Waals surface area contributed by atoms with E-state index in [1.54, 1.807) is 43.5 Å². The lowest BCUT2D eigenvalue weighted by atomic mass is 10.2. The van der Waals surface area contributed by atoms with Crippen LogP contribution in [-0.4, -0.2) is 30.7 Å². The first kappa shape index (κ1) is 18.9. The van der Waals surface area contributed by atoms with Crippen molar-refractivity contribution in [2.75, 3.05) is 18.2 Å². The van der Waals surface area contributed by atoms with E-state index < -0.39 is 0 Å². The van der Waals surface area contributed by atoms with Crippen LogP contribution in [0, 0.1) is 0 Å². The predicted octanol–water partition coefficient (Wildman–Crippen LogP) is 3.56. The molecule has 0 atom stereocenters. The highest BCUT2D eigenvalue weighted by Crippen LogP contribution is 2.24. The largest absolute Gasteiger partial charge is 0.497 e. The van der Waals surface area contributed by atoms with Gasteiger partial charge in [0.25, 0.3) is 5.91 Å². The van der Waals surface area contributed by atoms with Gasteiger partial charge < -0.3 is 15.4 Å². The van der Waals surface area contributed by atoms with Gasteiger partial charge in [0, 0.05) is 16.6 Å². The number of carbonyl (C=O) groups is 2. The first-order chi connectivity index (χ1) is 12.0. The fraction of sp³-hybridized carbons (Fsp3) is 0.263. The monoisotopic (exact) mass is 358 g/mol. The minimum absolute atomic E-state index is 0.0506. The standard InChI is InChI=1S/C19H22N2O3S/c1-13(2)20-18(22)12-25-17-7-5-4-6-16(17)19(23)21-14-8-10-15(24-3)11-9-14/h4-11,13H,12H2,1-3H3,(H,20,22)(H,21,23). The van der Waals surface area contributed by atoms with E-state index in [1.807, 2.05) is 26.0 Å². The molecule has 6 heteroatoms. The third kappa shape index (κ3) is 5.83. The average molecular weight is 358 g/mol. The maximum Gasteiger partial charge on any atom is 0.256 e. The first-order valence-corrected chi connectivity index (χ1v) is 8.94. The molecule has 0 unspecified atom stereocenters. The summed E-state index contributed by atoms with van der Waals surface area (Å²) in [7, 11) is 1.59. The Kier molecular flexibility index (Phi) is 6.89. The molecule has 0 bridgehead atoms. The molecular formula is C19H22N2O3S. The third-order valence-electron chi connectivity index (χ3n) is 3.29. The van der Waals surface area contributed by atoms with Gasteiger partial charge in [0.1, 0.15) is 5.75 Å². The van der Waals surface area contributed by atoms with Gasteiger partial charge in [-0.2, -0.15) is 0 Å². The topological polar surface area (TPSA) is 67.4 Å². The molecule has 5 nitrogen and oxygen atoms in total. The van der Waals surface area contributed by atoms with Crippen molar-refractivity contribution in [2.45, 2.75) is 24.8 Å². The Bertz CT molecular complexity index is 730. The maximum absolute atomic E-state index is 12.6. The normalized spacial score (nSPS) is 10.4. The van der Waals surface area contributed by atoms with Gasteiger partial charge in [0.05, 0.1) is 18.4 Å². The molecule has 2 aromatic carbocycles. The number of rotatable bonds is 7. The lowest BCUT2D eigenvalue weighted by Crippen LogP contribution is -2.31. The molecule has 0 heterocycles. The maximum atomic E-state index is 12.6. The van der Waals surface area contributed by atoms with E-state index in [-0.39, 0.29) is 23.6 Å². The van der Waals surface area contributed by atoms with Crippen LogP contribution in [0.1, 0.15) is 24.2 Å². The number of nitrogens with one attached hydrogen (secondary N) is 2. The van der Waals surface area contributed by atoms with Crippen LogP contribution in [0.25, 0.3) is 0 Å². The van der Waals surface area contributed by atoms with E-state index in [9.17, 15) is 9.59 Å². The van der Waals surface area contributed by atoms with E-state index in [1.165, 1.54) is 11.8 Å². The lowest BCUT2D eigenvalue weighted by Gasteiger charge is -2.11. The minimum Gasteiger partial charge on any atom is -0.497 e. The van der Waals surface area contributed by atoms with Crippen molar-refractivity contribution < 1.29 is 14.3 Å². The molecule has 2 rings (SSSR count). The van der Waals surface area contributed by atoms with Gasteiger partial charge in [-0.1, -0.05) is 12.1 Å². The summed E-state index contributed by atoms with van der Waals surface area (Å²) in [5.74, 6) is 0.735. The molecule has 25 heavy (non-hydrogen) atoms. The number of benzene rings is 2. The van der Waals surface area contributed by atoms with E-state index in [4.69, 9.17) is 4.74 Å². The first-order valence-electron chi connectivity index (χ1n) is 7.96. The SMILES string of the molecule is COc1ccc(NC(=O)c2ccccc2SCC(=O)NC(C)C)cc1. The van der Waals surface area contributed by atoms with E-state index in [0.717, 1.165) is 10.6 Å². The number of anilines is 1. The van der Waals surface area contributed by atoms with Crippen molar-refractivity contribution >= 4 is 29.3 Å². The molecule has 0 saturated carbocycles. The summed E-state index contributed by atoms with van der Waals surface area (Å²) in [4.78, 5) is 25.1. The van der Waals surface area contributed by atoms with Gasteiger partial charge in [-0.15, -0.1) is 11.8 Å². The highest BCUT2D eigenvalue weighted by Gasteiger charge is 2.13. The van der Waals surface area contributed by atoms with Gasteiger partial charge in [-0.3, -0.25) is 9.59 Å². The van der Waals surface area contributed by atoms with Gasteiger partial charge in [0.2, 0.25) is 5.91 Å². The van der Waals surface area contributed by atoms with Gasteiger partial charge in [-0.25, -0.2) is 0 Å². The van der Waals surface area contributed by atoms with Crippen LogP contribution in [0.3, 0.4) is 0 Å². The minimum atomic E-state index is -0.211. The second-order valence-corrected chi connectivity index (χ2v) is 6.71. The molecule has 0 aliphatic rings. The second-order valence-electron chi connectivity index (χ2n) is 5.69. The summed E-state index contributed by atoms with van der Waals surface area (Å²) >= 11 is 1.35. The number of methoxy groups -OCH3 is 1. The predicted molar refractivity (Wildman–Crippen MR) is 101 cm³/mol. The highest BCUT2D eigenvalue weighted by molar-refractivity contribution is 8.00. The number of carbonyl (C=O) groups excluding carboxylic acids is 2. The molecule has 0 aromatic heterocycles. The molecule has 0 saturated heterocycles. The van der Waals surface area contributed by atoms with Crippen LogP contribution in [0.2, 0.25) is 0 Å².